The first-order valence-electron chi connectivity index (χ1n) is 6.51. The van der Waals surface area contributed by atoms with Crippen molar-refractivity contribution < 1.29 is 9.59 Å². The van der Waals surface area contributed by atoms with Crippen LogP contribution in [0.15, 0.2) is 54.6 Å². The van der Waals surface area contributed by atoms with Crippen LogP contribution in [0.1, 0.15) is 15.9 Å². The number of halogens is 2. The molecular weight excluding hydrogens is 321 g/mol. The Morgan fingerprint density at radius 3 is 2.45 bits per heavy atom. The van der Waals surface area contributed by atoms with E-state index in [1.807, 2.05) is 25.1 Å². The Balaban J connectivity index is 2.06. The van der Waals surface area contributed by atoms with Gasteiger partial charge in [-0.1, -0.05) is 41.4 Å². The van der Waals surface area contributed by atoms with Gasteiger partial charge in [-0.2, -0.15) is 0 Å². The minimum atomic E-state index is -0.382. The predicted molar refractivity (Wildman–Crippen MR) is 89.7 cm³/mol. The summed E-state index contributed by atoms with van der Waals surface area (Å²) in [4.78, 5) is 23.8. The van der Waals surface area contributed by atoms with E-state index < -0.39 is 0 Å². The molecule has 2 aromatic rings. The van der Waals surface area contributed by atoms with E-state index in [1.54, 1.807) is 12.1 Å². The summed E-state index contributed by atoms with van der Waals surface area (Å²) < 4.78 is 0. The van der Waals surface area contributed by atoms with Gasteiger partial charge in [-0.3, -0.25) is 9.59 Å². The third kappa shape index (κ3) is 4.20. The lowest BCUT2D eigenvalue weighted by Gasteiger charge is -2.05. The van der Waals surface area contributed by atoms with Crippen LogP contribution in [0.4, 0.5) is 5.69 Å². The van der Waals surface area contributed by atoms with Gasteiger partial charge in [-0.15, -0.1) is 0 Å². The Kier molecular flexibility index (Phi) is 5.36. The van der Waals surface area contributed by atoms with Crippen molar-refractivity contribution in [1.82, 2.24) is 0 Å². The molecule has 0 aliphatic rings. The fourth-order valence-electron chi connectivity index (χ4n) is 1.82. The molecule has 2 aromatic carbocycles. The molecule has 0 aliphatic carbocycles. The summed E-state index contributed by atoms with van der Waals surface area (Å²) in [7, 11) is 0. The zero-order valence-corrected chi connectivity index (χ0v) is 13.3. The number of aryl methyl sites for hydroxylation is 1. The lowest BCUT2D eigenvalue weighted by atomic mass is 10.1. The summed E-state index contributed by atoms with van der Waals surface area (Å²) in [5.74, 6) is -0.741. The Morgan fingerprint density at radius 2 is 1.77 bits per heavy atom. The fraction of sp³-hybridized carbons (Fsp3) is 0.0588. The number of benzene rings is 2. The van der Waals surface area contributed by atoms with Crippen LogP contribution in [-0.4, -0.2) is 11.7 Å². The van der Waals surface area contributed by atoms with E-state index in [0.29, 0.717) is 16.3 Å². The monoisotopic (exact) mass is 333 g/mol. The quantitative estimate of drug-likeness (QED) is 0.652. The van der Waals surface area contributed by atoms with Crippen molar-refractivity contribution in [1.29, 1.82) is 0 Å². The van der Waals surface area contributed by atoms with Crippen LogP contribution in [0, 0.1) is 6.92 Å². The normalized spacial score (nSPS) is 10.7. The second-order valence-electron chi connectivity index (χ2n) is 4.63. The third-order valence-electron chi connectivity index (χ3n) is 2.99. The van der Waals surface area contributed by atoms with E-state index >= 15 is 0 Å². The third-order valence-corrected chi connectivity index (χ3v) is 3.53. The molecule has 0 fully saturated rings. The highest BCUT2D eigenvalue weighted by molar-refractivity contribution is 6.37. The van der Waals surface area contributed by atoms with Crippen LogP contribution >= 0.6 is 23.2 Å². The van der Waals surface area contributed by atoms with Crippen LogP contribution < -0.4 is 5.32 Å². The van der Waals surface area contributed by atoms with Crippen LogP contribution in [0.5, 0.6) is 0 Å². The van der Waals surface area contributed by atoms with E-state index in [-0.39, 0.29) is 16.7 Å². The number of anilines is 1. The highest BCUT2D eigenvalue weighted by Gasteiger charge is 2.08. The zero-order chi connectivity index (χ0) is 16.1. The molecule has 0 aromatic heterocycles. The molecule has 1 amide bonds. The predicted octanol–water partition coefficient (Wildman–Crippen LogP) is 4.68. The first-order valence-corrected chi connectivity index (χ1v) is 7.27. The molecule has 0 heterocycles. The molecule has 0 saturated heterocycles. The first kappa shape index (κ1) is 16.3. The number of carbonyl (C=O) groups is 2. The van der Waals surface area contributed by atoms with E-state index in [4.69, 9.17) is 23.2 Å². The number of carbonyl (C=O) groups excluding carboxylic acids is 2. The molecule has 5 heteroatoms. The lowest BCUT2D eigenvalue weighted by molar-refractivity contribution is -0.111. The summed E-state index contributed by atoms with van der Waals surface area (Å²) in [6, 6.07) is 12.0. The van der Waals surface area contributed by atoms with Crippen molar-refractivity contribution in [2.45, 2.75) is 6.92 Å². The lowest BCUT2D eigenvalue weighted by Crippen LogP contribution is -2.09. The first-order chi connectivity index (χ1) is 10.5. The van der Waals surface area contributed by atoms with E-state index in [2.05, 4.69) is 5.32 Å². The molecule has 0 unspecified atom stereocenters. The van der Waals surface area contributed by atoms with Gasteiger partial charge in [0.1, 0.15) is 0 Å². The van der Waals surface area contributed by atoms with Gasteiger partial charge in [0.15, 0.2) is 5.78 Å². The molecule has 1 N–H and O–H groups in total. The van der Waals surface area contributed by atoms with Crippen molar-refractivity contribution >= 4 is 40.6 Å². The summed E-state index contributed by atoms with van der Waals surface area (Å²) in [6.45, 7) is 1.89. The summed E-state index contributed by atoms with van der Waals surface area (Å²) in [5, 5.41) is 3.41. The number of allylic oxidation sites excluding steroid dienone is 1. The minimum absolute atomic E-state index is 0.251. The minimum Gasteiger partial charge on any atom is -0.322 e. The Labute approximate surface area is 138 Å². The van der Waals surface area contributed by atoms with Gasteiger partial charge in [0.25, 0.3) is 0 Å². The molecule has 0 radical (unpaired) electrons. The average Bonchev–Trinajstić information content (AvgIpc) is 2.47. The van der Waals surface area contributed by atoms with Gasteiger partial charge in [0.05, 0.1) is 5.02 Å². The topological polar surface area (TPSA) is 46.2 Å². The SMILES string of the molecule is Cc1ccccc1NC(=O)C=CC(=O)c1ccc(Cl)cc1Cl. The van der Waals surface area contributed by atoms with Crippen LogP contribution in [-0.2, 0) is 4.79 Å². The number of hydrogen-bond acceptors (Lipinski definition) is 2. The van der Waals surface area contributed by atoms with Crippen molar-refractivity contribution in [2.24, 2.45) is 0 Å². The molecule has 0 bridgehead atoms. The number of hydrogen-bond donors (Lipinski definition) is 1. The number of para-hydroxylation sites is 1. The highest BCUT2D eigenvalue weighted by Crippen LogP contribution is 2.21. The summed E-state index contributed by atoms with van der Waals surface area (Å²) >= 11 is 11.7. The smallest absolute Gasteiger partial charge is 0.248 e. The molecule has 3 nitrogen and oxygen atoms in total. The maximum absolute atomic E-state index is 12.0. The van der Waals surface area contributed by atoms with Crippen molar-refractivity contribution in [3.8, 4) is 0 Å². The average molecular weight is 334 g/mol. The number of rotatable bonds is 4. The Bertz CT molecular complexity index is 754. The van der Waals surface area contributed by atoms with Gasteiger partial charge in [-0.05, 0) is 42.8 Å². The van der Waals surface area contributed by atoms with Crippen LogP contribution in [0.2, 0.25) is 10.0 Å². The maximum atomic E-state index is 12.0. The van der Waals surface area contributed by atoms with Gasteiger partial charge in [-0.25, -0.2) is 0 Å². The molecule has 22 heavy (non-hydrogen) atoms. The van der Waals surface area contributed by atoms with Crippen LogP contribution in [0.3, 0.4) is 0 Å². The molecule has 112 valence electrons. The molecule has 0 saturated carbocycles. The van der Waals surface area contributed by atoms with Gasteiger partial charge < -0.3 is 5.32 Å². The fourth-order valence-corrected chi connectivity index (χ4v) is 2.32. The molecular formula is C17H13Cl2NO2. The van der Waals surface area contributed by atoms with E-state index in [0.717, 1.165) is 5.56 Å². The molecule has 0 atom stereocenters. The summed E-state index contributed by atoms with van der Waals surface area (Å²) in [5.41, 5.74) is 1.94. The maximum Gasteiger partial charge on any atom is 0.248 e. The highest BCUT2D eigenvalue weighted by atomic mass is 35.5. The Hall–Kier alpha value is -2.10. The molecule has 2 rings (SSSR count). The Morgan fingerprint density at radius 1 is 1.05 bits per heavy atom. The largest absolute Gasteiger partial charge is 0.322 e. The van der Waals surface area contributed by atoms with Gasteiger partial charge in [0.2, 0.25) is 5.91 Å². The number of amides is 1. The van der Waals surface area contributed by atoms with E-state index in [9.17, 15) is 9.59 Å². The molecule has 0 spiro atoms. The van der Waals surface area contributed by atoms with Crippen molar-refractivity contribution in [3.63, 3.8) is 0 Å². The number of ketones is 1. The van der Waals surface area contributed by atoms with Crippen molar-refractivity contribution in [2.75, 3.05) is 5.32 Å². The standard InChI is InChI=1S/C17H13Cl2NO2/c1-11-4-2-3-5-15(11)20-17(22)9-8-16(21)13-7-6-12(18)10-14(13)19/h2-10H,1H3,(H,20,22). The van der Waals surface area contributed by atoms with Gasteiger partial charge >= 0.3 is 0 Å². The van der Waals surface area contributed by atoms with Crippen molar-refractivity contribution in [3.05, 3.63) is 75.8 Å². The van der Waals surface area contributed by atoms with Gasteiger partial charge in [0, 0.05) is 22.3 Å². The van der Waals surface area contributed by atoms with E-state index in [1.165, 1.54) is 24.3 Å². The number of nitrogens with one attached hydrogen (secondary N) is 1. The zero-order valence-electron chi connectivity index (χ0n) is 11.8. The second kappa shape index (κ2) is 7.25. The summed E-state index contributed by atoms with van der Waals surface area (Å²) in [6.07, 6.45) is 2.36. The molecule has 0 aliphatic heterocycles. The van der Waals surface area contributed by atoms with Crippen LogP contribution in [0.25, 0.3) is 0 Å². The second-order valence-corrected chi connectivity index (χ2v) is 5.47.